The highest BCUT2D eigenvalue weighted by Crippen LogP contribution is 2.24. The van der Waals surface area contributed by atoms with Crippen molar-refractivity contribution in [2.24, 2.45) is 0 Å². The Bertz CT molecular complexity index is 541. The van der Waals surface area contributed by atoms with Gasteiger partial charge >= 0.3 is 5.97 Å². The van der Waals surface area contributed by atoms with Crippen LogP contribution in [0.5, 0.6) is 5.75 Å². The molecule has 106 valence electrons. The lowest BCUT2D eigenvalue weighted by atomic mass is 10.0. The second-order valence-electron chi connectivity index (χ2n) is 4.22. The van der Waals surface area contributed by atoms with Crippen molar-refractivity contribution in [2.45, 2.75) is 26.7 Å². The second kappa shape index (κ2) is 8.00. The van der Waals surface area contributed by atoms with E-state index in [0.29, 0.717) is 17.9 Å². The zero-order chi connectivity index (χ0) is 15.0. The first-order chi connectivity index (χ1) is 9.65. The Kier molecular flexibility index (Phi) is 6.31. The molecular weight excluding hydrogens is 254 g/mol. The topological polar surface area (TPSA) is 59.3 Å². The highest BCUT2D eigenvalue weighted by atomic mass is 16.5. The summed E-state index contributed by atoms with van der Waals surface area (Å²) in [6, 6.07) is 7.62. The van der Waals surface area contributed by atoms with Crippen molar-refractivity contribution in [3.8, 4) is 11.8 Å². The average molecular weight is 273 g/mol. The van der Waals surface area contributed by atoms with E-state index in [4.69, 9.17) is 10.00 Å². The third-order valence-corrected chi connectivity index (χ3v) is 2.74. The van der Waals surface area contributed by atoms with Gasteiger partial charge < -0.3 is 9.47 Å². The monoisotopic (exact) mass is 273 g/mol. The predicted molar refractivity (Wildman–Crippen MR) is 77.2 cm³/mol. The van der Waals surface area contributed by atoms with Crippen LogP contribution in [0.1, 0.15) is 31.4 Å². The van der Waals surface area contributed by atoms with Crippen molar-refractivity contribution in [3.63, 3.8) is 0 Å². The number of nitriles is 1. The van der Waals surface area contributed by atoms with Gasteiger partial charge in [0, 0.05) is 5.56 Å². The van der Waals surface area contributed by atoms with Crippen molar-refractivity contribution in [1.82, 2.24) is 0 Å². The summed E-state index contributed by atoms with van der Waals surface area (Å²) in [5, 5.41) is 8.99. The molecule has 0 unspecified atom stereocenters. The number of aryl methyl sites for hydroxylation is 1. The van der Waals surface area contributed by atoms with Crippen LogP contribution < -0.4 is 4.74 Å². The van der Waals surface area contributed by atoms with E-state index in [-0.39, 0.29) is 5.57 Å². The van der Waals surface area contributed by atoms with Gasteiger partial charge in [-0.25, -0.2) is 4.79 Å². The highest BCUT2D eigenvalue weighted by molar-refractivity contribution is 5.98. The molecule has 20 heavy (non-hydrogen) atoms. The number of ether oxygens (including phenoxy) is 2. The fraction of sp³-hybridized carbons (Fsp3) is 0.375. The molecule has 0 N–H and O–H groups in total. The van der Waals surface area contributed by atoms with Crippen molar-refractivity contribution in [3.05, 3.63) is 34.9 Å². The van der Waals surface area contributed by atoms with Gasteiger partial charge in [0.05, 0.1) is 13.7 Å². The molecule has 1 aromatic carbocycles. The molecule has 0 fully saturated rings. The Hall–Kier alpha value is -2.28. The molecule has 0 amide bonds. The van der Waals surface area contributed by atoms with Crippen LogP contribution in [-0.2, 0) is 16.0 Å². The molecule has 0 radical (unpaired) electrons. The van der Waals surface area contributed by atoms with Crippen LogP contribution in [0.2, 0.25) is 0 Å². The number of hydrogen-bond acceptors (Lipinski definition) is 4. The van der Waals surface area contributed by atoms with Gasteiger partial charge in [0.1, 0.15) is 17.4 Å². The molecule has 0 heterocycles. The zero-order valence-electron chi connectivity index (χ0n) is 12.1. The van der Waals surface area contributed by atoms with E-state index in [1.807, 2.05) is 31.2 Å². The van der Waals surface area contributed by atoms with Crippen LogP contribution in [0, 0.1) is 11.3 Å². The highest BCUT2D eigenvalue weighted by Gasteiger charge is 2.11. The molecule has 0 aliphatic rings. The van der Waals surface area contributed by atoms with Crippen LogP contribution in [0.25, 0.3) is 6.08 Å². The quantitative estimate of drug-likeness (QED) is 0.454. The van der Waals surface area contributed by atoms with Crippen molar-refractivity contribution in [1.29, 1.82) is 5.26 Å². The van der Waals surface area contributed by atoms with Gasteiger partial charge in [-0.05, 0) is 31.1 Å². The number of methoxy groups -OCH3 is 1. The summed E-state index contributed by atoms with van der Waals surface area (Å²) in [6.07, 6.45) is 3.51. The fourth-order valence-electron chi connectivity index (χ4n) is 1.83. The van der Waals surface area contributed by atoms with Crippen LogP contribution >= 0.6 is 0 Å². The fourth-order valence-corrected chi connectivity index (χ4v) is 1.83. The molecular formula is C16H19NO3. The summed E-state index contributed by atoms with van der Waals surface area (Å²) in [5.41, 5.74) is 1.83. The Morgan fingerprint density at radius 2 is 2.15 bits per heavy atom. The van der Waals surface area contributed by atoms with E-state index < -0.39 is 5.97 Å². The van der Waals surface area contributed by atoms with Crippen LogP contribution in [-0.4, -0.2) is 19.7 Å². The third-order valence-electron chi connectivity index (χ3n) is 2.74. The first-order valence-corrected chi connectivity index (χ1v) is 6.62. The van der Waals surface area contributed by atoms with Crippen LogP contribution in [0.15, 0.2) is 23.8 Å². The molecule has 0 aliphatic heterocycles. The Labute approximate surface area is 119 Å². The number of hydrogen-bond donors (Lipinski definition) is 0. The number of esters is 1. The second-order valence-corrected chi connectivity index (χ2v) is 4.22. The van der Waals surface area contributed by atoms with Gasteiger partial charge in [-0.1, -0.05) is 25.5 Å². The molecule has 0 saturated heterocycles. The van der Waals surface area contributed by atoms with Gasteiger partial charge in [0.2, 0.25) is 0 Å². The molecule has 1 aromatic rings. The van der Waals surface area contributed by atoms with E-state index in [1.54, 1.807) is 0 Å². The summed E-state index contributed by atoms with van der Waals surface area (Å²) in [5.74, 6) is 0.0303. The maximum absolute atomic E-state index is 11.4. The smallest absolute Gasteiger partial charge is 0.348 e. The standard InChI is InChI=1S/C16H19NO3/c1-4-6-12-7-8-13(15(9-12)20-5-2)10-14(11-17)16(18)19-3/h7-10H,4-6H2,1-3H3. The van der Waals surface area contributed by atoms with E-state index in [1.165, 1.54) is 18.7 Å². The number of benzene rings is 1. The molecule has 1 rings (SSSR count). The average Bonchev–Trinajstić information content (AvgIpc) is 2.46. The predicted octanol–water partition coefficient (Wildman–Crippen LogP) is 3.12. The molecule has 0 bridgehead atoms. The summed E-state index contributed by atoms with van der Waals surface area (Å²) < 4.78 is 10.1. The van der Waals surface area contributed by atoms with Gasteiger partial charge in [-0.3, -0.25) is 0 Å². The van der Waals surface area contributed by atoms with Crippen molar-refractivity contribution >= 4 is 12.0 Å². The lowest BCUT2D eigenvalue weighted by Crippen LogP contribution is -2.03. The van der Waals surface area contributed by atoms with E-state index in [2.05, 4.69) is 11.7 Å². The van der Waals surface area contributed by atoms with E-state index in [9.17, 15) is 4.79 Å². The van der Waals surface area contributed by atoms with E-state index >= 15 is 0 Å². The van der Waals surface area contributed by atoms with Gasteiger partial charge in [-0.15, -0.1) is 0 Å². The SMILES string of the molecule is CCCc1ccc(C=C(C#N)C(=O)OC)c(OCC)c1. The Morgan fingerprint density at radius 1 is 1.40 bits per heavy atom. The number of nitrogens with zero attached hydrogens (tertiary/aromatic N) is 1. The molecule has 0 aromatic heterocycles. The maximum Gasteiger partial charge on any atom is 0.348 e. The van der Waals surface area contributed by atoms with Crippen LogP contribution in [0.4, 0.5) is 0 Å². The van der Waals surface area contributed by atoms with Crippen molar-refractivity contribution < 1.29 is 14.3 Å². The lowest BCUT2D eigenvalue weighted by molar-refractivity contribution is -0.135. The minimum Gasteiger partial charge on any atom is -0.493 e. The molecule has 0 atom stereocenters. The molecule has 4 heteroatoms. The summed E-state index contributed by atoms with van der Waals surface area (Å²) in [6.45, 7) is 4.53. The number of carbonyl (C=O) groups excluding carboxylic acids is 1. The Morgan fingerprint density at radius 3 is 2.70 bits per heavy atom. The largest absolute Gasteiger partial charge is 0.493 e. The number of rotatable bonds is 6. The van der Waals surface area contributed by atoms with Crippen molar-refractivity contribution in [2.75, 3.05) is 13.7 Å². The van der Waals surface area contributed by atoms with Gasteiger partial charge in [0.25, 0.3) is 0 Å². The lowest BCUT2D eigenvalue weighted by Gasteiger charge is -2.10. The van der Waals surface area contributed by atoms with Crippen LogP contribution in [0.3, 0.4) is 0 Å². The normalized spacial score (nSPS) is 10.8. The Balaban J connectivity index is 3.19. The number of carbonyl (C=O) groups is 1. The first-order valence-electron chi connectivity index (χ1n) is 6.62. The summed E-state index contributed by atoms with van der Waals surface area (Å²) in [4.78, 5) is 11.4. The summed E-state index contributed by atoms with van der Waals surface area (Å²) in [7, 11) is 1.25. The first kappa shape index (κ1) is 15.8. The molecule has 0 spiro atoms. The molecule has 0 aliphatic carbocycles. The van der Waals surface area contributed by atoms with E-state index in [0.717, 1.165) is 12.8 Å². The third kappa shape index (κ3) is 4.13. The summed E-state index contributed by atoms with van der Waals surface area (Å²) >= 11 is 0. The maximum atomic E-state index is 11.4. The minimum atomic E-state index is -0.646. The van der Waals surface area contributed by atoms with Gasteiger partial charge in [0.15, 0.2) is 0 Å². The molecule has 4 nitrogen and oxygen atoms in total. The minimum absolute atomic E-state index is 0.0447. The van der Waals surface area contributed by atoms with Gasteiger partial charge in [-0.2, -0.15) is 5.26 Å². The molecule has 0 saturated carbocycles. The zero-order valence-corrected chi connectivity index (χ0v) is 12.1.